The topological polar surface area (TPSA) is 0 Å². The van der Waals surface area contributed by atoms with Crippen LogP contribution in [0.5, 0.6) is 0 Å². The van der Waals surface area contributed by atoms with Crippen molar-refractivity contribution in [2.45, 2.75) is 12.8 Å². The van der Waals surface area contributed by atoms with Crippen molar-refractivity contribution >= 4 is 50.7 Å². The molecule has 0 saturated heterocycles. The number of rotatable bonds is 5. The Labute approximate surface area is 143 Å². The maximum absolute atomic E-state index is 6.22. The summed E-state index contributed by atoms with van der Waals surface area (Å²) in [5.74, 6) is 0.896. The summed E-state index contributed by atoms with van der Waals surface area (Å²) in [4.78, 5) is 0. The van der Waals surface area contributed by atoms with Gasteiger partial charge >= 0.3 is 0 Å². The van der Waals surface area contributed by atoms with Gasteiger partial charge < -0.3 is 0 Å². The maximum Gasteiger partial charge on any atom is 0.0452 e. The standard InChI is InChI=1S/C16H14BrCl3/c17-13-6-4-11(5-7-13)8-12(10-18)9-14-15(19)2-1-3-16(14)20/h1-7,12H,8-10H2. The van der Waals surface area contributed by atoms with Gasteiger partial charge in [-0.2, -0.15) is 0 Å². The Hall–Kier alpha value is -0.210. The van der Waals surface area contributed by atoms with Crippen molar-refractivity contribution in [3.8, 4) is 0 Å². The van der Waals surface area contributed by atoms with Crippen molar-refractivity contribution in [2.24, 2.45) is 5.92 Å². The molecule has 0 spiro atoms. The van der Waals surface area contributed by atoms with Gasteiger partial charge in [-0.15, -0.1) is 11.6 Å². The highest BCUT2D eigenvalue weighted by Gasteiger charge is 2.14. The van der Waals surface area contributed by atoms with Crippen LogP contribution in [-0.4, -0.2) is 5.88 Å². The summed E-state index contributed by atoms with van der Waals surface area (Å²) in [6, 6.07) is 13.9. The lowest BCUT2D eigenvalue weighted by Gasteiger charge is -2.16. The van der Waals surface area contributed by atoms with Crippen LogP contribution in [0.4, 0.5) is 0 Å². The summed E-state index contributed by atoms with van der Waals surface area (Å²) in [5, 5.41) is 1.42. The average molecular weight is 393 g/mol. The van der Waals surface area contributed by atoms with E-state index in [2.05, 4.69) is 28.1 Å². The lowest BCUT2D eigenvalue weighted by molar-refractivity contribution is 0.584. The van der Waals surface area contributed by atoms with Crippen molar-refractivity contribution in [1.82, 2.24) is 0 Å². The Bertz CT molecular complexity index is 546. The third-order valence-electron chi connectivity index (χ3n) is 3.21. The molecule has 1 atom stereocenters. The first-order valence-corrected chi connectivity index (χ1v) is 8.41. The van der Waals surface area contributed by atoms with Crippen LogP contribution in [0, 0.1) is 5.92 Å². The van der Waals surface area contributed by atoms with Crippen LogP contribution in [0.3, 0.4) is 0 Å². The molecule has 0 radical (unpaired) electrons. The zero-order chi connectivity index (χ0) is 14.5. The molecule has 2 aromatic carbocycles. The summed E-state index contributed by atoms with van der Waals surface area (Å²) < 4.78 is 1.08. The fraction of sp³-hybridized carbons (Fsp3) is 0.250. The van der Waals surface area contributed by atoms with Gasteiger partial charge in [0.15, 0.2) is 0 Å². The molecular weight excluding hydrogens is 378 g/mol. The Balaban J connectivity index is 2.11. The zero-order valence-corrected chi connectivity index (χ0v) is 14.6. The Kier molecular flexibility index (Phi) is 6.22. The van der Waals surface area contributed by atoms with Crippen molar-refractivity contribution in [2.75, 3.05) is 5.88 Å². The van der Waals surface area contributed by atoms with Gasteiger partial charge in [0.25, 0.3) is 0 Å². The molecule has 1 unspecified atom stereocenters. The van der Waals surface area contributed by atoms with Crippen LogP contribution in [-0.2, 0) is 12.8 Å². The zero-order valence-electron chi connectivity index (χ0n) is 10.8. The van der Waals surface area contributed by atoms with E-state index >= 15 is 0 Å². The van der Waals surface area contributed by atoms with E-state index in [1.165, 1.54) is 5.56 Å². The summed E-state index contributed by atoms with van der Waals surface area (Å²) >= 11 is 22.0. The van der Waals surface area contributed by atoms with E-state index < -0.39 is 0 Å². The van der Waals surface area contributed by atoms with Gasteiger partial charge in [0.1, 0.15) is 0 Å². The fourth-order valence-corrected chi connectivity index (χ4v) is 3.19. The molecule has 0 fully saturated rings. The SMILES string of the molecule is ClCC(Cc1ccc(Br)cc1)Cc1c(Cl)cccc1Cl. The van der Waals surface area contributed by atoms with Gasteiger partial charge in [0, 0.05) is 20.4 Å². The lowest BCUT2D eigenvalue weighted by Crippen LogP contribution is -2.11. The largest absolute Gasteiger partial charge is 0.126 e. The van der Waals surface area contributed by atoms with E-state index in [-0.39, 0.29) is 0 Å². The molecule has 0 aromatic heterocycles. The van der Waals surface area contributed by atoms with E-state index in [0.717, 1.165) is 22.9 Å². The lowest BCUT2D eigenvalue weighted by atomic mass is 9.94. The summed E-state index contributed by atoms with van der Waals surface area (Å²) in [7, 11) is 0. The second kappa shape index (κ2) is 7.70. The van der Waals surface area contributed by atoms with Gasteiger partial charge in [-0.05, 0) is 54.2 Å². The molecule has 2 aromatic rings. The molecule has 2 rings (SSSR count). The molecule has 106 valence electrons. The second-order valence-corrected chi connectivity index (χ2v) is 6.79. The minimum Gasteiger partial charge on any atom is -0.126 e. The van der Waals surface area contributed by atoms with Gasteiger partial charge in [-0.1, -0.05) is 57.3 Å². The number of halogens is 4. The summed E-state index contributed by atoms with van der Waals surface area (Å²) in [6.07, 6.45) is 1.70. The number of hydrogen-bond donors (Lipinski definition) is 0. The Morgan fingerprint density at radius 2 is 1.50 bits per heavy atom. The molecule has 0 aliphatic heterocycles. The molecule has 0 aliphatic rings. The van der Waals surface area contributed by atoms with Gasteiger partial charge in [0.2, 0.25) is 0 Å². The highest BCUT2D eigenvalue weighted by atomic mass is 79.9. The average Bonchev–Trinajstić information content (AvgIpc) is 2.44. The van der Waals surface area contributed by atoms with Crippen LogP contribution < -0.4 is 0 Å². The van der Waals surface area contributed by atoms with Gasteiger partial charge in [0.05, 0.1) is 0 Å². The van der Waals surface area contributed by atoms with Crippen molar-refractivity contribution < 1.29 is 0 Å². The van der Waals surface area contributed by atoms with E-state index in [4.69, 9.17) is 34.8 Å². The van der Waals surface area contributed by atoms with E-state index in [1.54, 1.807) is 0 Å². The van der Waals surface area contributed by atoms with E-state index in [9.17, 15) is 0 Å². The molecule has 0 aliphatic carbocycles. The Morgan fingerprint density at radius 1 is 0.900 bits per heavy atom. The van der Waals surface area contributed by atoms with E-state index in [0.29, 0.717) is 21.8 Å². The predicted molar refractivity (Wildman–Crippen MR) is 92.2 cm³/mol. The van der Waals surface area contributed by atoms with Crippen LogP contribution in [0.15, 0.2) is 46.9 Å². The van der Waals surface area contributed by atoms with Crippen LogP contribution >= 0.6 is 50.7 Å². The molecule has 4 heteroatoms. The molecule has 0 amide bonds. The minimum absolute atomic E-state index is 0.315. The van der Waals surface area contributed by atoms with Crippen LogP contribution in [0.2, 0.25) is 10.0 Å². The summed E-state index contributed by atoms with van der Waals surface area (Å²) in [6.45, 7) is 0. The van der Waals surface area contributed by atoms with Gasteiger partial charge in [-0.25, -0.2) is 0 Å². The first kappa shape index (κ1) is 16.2. The number of benzene rings is 2. The molecule has 0 nitrogen and oxygen atoms in total. The van der Waals surface area contributed by atoms with Gasteiger partial charge in [-0.3, -0.25) is 0 Å². The second-order valence-electron chi connectivity index (χ2n) is 4.76. The van der Waals surface area contributed by atoms with Crippen LogP contribution in [0.25, 0.3) is 0 Å². The van der Waals surface area contributed by atoms with Crippen molar-refractivity contribution in [3.63, 3.8) is 0 Å². The van der Waals surface area contributed by atoms with Crippen LogP contribution in [0.1, 0.15) is 11.1 Å². The first-order valence-electron chi connectivity index (χ1n) is 6.33. The van der Waals surface area contributed by atoms with E-state index in [1.807, 2.05) is 30.3 Å². The molecule has 0 heterocycles. The monoisotopic (exact) mass is 390 g/mol. The number of alkyl halides is 1. The molecule has 20 heavy (non-hydrogen) atoms. The molecule has 0 saturated carbocycles. The number of hydrogen-bond acceptors (Lipinski definition) is 0. The minimum atomic E-state index is 0.315. The Morgan fingerprint density at radius 3 is 2.05 bits per heavy atom. The molecule has 0 bridgehead atoms. The highest BCUT2D eigenvalue weighted by molar-refractivity contribution is 9.10. The maximum atomic E-state index is 6.22. The quantitative estimate of drug-likeness (QED) is 0.517. The molecule has 0 N–H and O–H groups in total. The third-order valence-corrected chi connectivity index (χ3v) is 4.88. The normalized spacial score (nSPS) is 12.4. The third kappa shape index (κ3) is 4.39. The highest BCUT2D eigenvalue weighted by Crippen LogP contribution is 2.28. The summed E-state index contributed by atoms with van der Waals surface area (Å²) in [5.41, 5.74) is 2.25. The molecular formula is C16H14BrCl3. The fourth-order valence-electron chi connectivity index (χ4n) is 2.15. The first-order chi connectivity index (χ1) is 9.60. The predicted octanol–water partition coefficient (Wildman–Crippen LogP) is 6.40. The smallest absolute Gasteiger partial charge is 0.0452 e. The van der Waals surface area contributed by atoms with Crippen molar-refractivity contribution in [1.29, 1.82) is 0 Å². The van der Waals surface area contributed by atoms with Crippen molar-refractivity contribution in [3.05, 3.63) is 68.1 Å².